The molecule has 5 heteroatoms. The third-order valence-electron chi connectivity index (χ3n) is 3.83. The first kappa shape index (κ1) is 16.8. The van der Waals surface area contributed by atoms with Gasteiger partial charge in [-0.05, 0) is 38.1 Å². The monoisotopic (exact) mass is 336 g/mol. The minimum absolute atomic E-state index is 0.127. The number of hydrogen-bond donors (Lipinski definition) is 1. The lowest BCUT2D eigenvalue weighted by Gasteiger charge is -2.05. The van der Waals surface area contributed by atoms with Crippen LogP contribution in [0.3, 0.4) is 0 Å². The topological polar surface area (TPSA) is 64.4 Å². The highest BCUT2D eigenvalue weighted by atomic mass is 16.5. The van der Waals surface area contributed by atoms with Crippen molar-refractivity contribution in [2.45, 2.75) is 20.4 Å². The second kappa shape index (κ2) is 7.21. The van der Waals surface area contributed by atoms with Gasteiger partial charge < -0.3 is 14.6 Å². The first-order chi connectivity index (χ1) is 12.0. The van der Waals surface area contributed by atoms with Crippen LogP contribution in [-0.2, 0) is 6.54 Å². The van der Waals surface area contributed by atoms with Gasteiger partial charge in [-0.15, -0.1) is 0 Å². The molecule has 128 valence electrons. The van der Waals surface area contributed by atoms with E-state index in [4.69, 9.17) is 9.26 Å². The van der Waals surface area contributed by atoms with Gasteiger partial charge in [-0.2, -0.15) is 0 Å². The molecule has 0 saturated carbocycles. The lowest BCUT2D eigenvalue weighted by Crippen LogP contribution is -2.23. The molecule has 1 N–H and O–H groups in total. The molecule has 0 aliphatic rings. The normalized spacial score (nSPS) is 10.5. The van der Waals surface area contributed by atoms with Gasteiger partial charge in [0.2, 0.25) is 0 Å². The summed E-state index contributed by atoms with van der Waals surface area (Å²) in [6.07, 6.45) is 0. The van der Waals surface area contributed by atoms with Gasteiger partial charge in [-0.1, -0.05) is 34.5 Å². The first-order valence-electron chi connectivity index (χ1n) is 8.01. The average molecular weight is 336 g/mol. The Kier molecular flexibility index (Phi) is 4.84. The van der Waals surface area contributed by atoms with Crippen molar-refractivity contribution in [2.75, 3.05) is 7.11 Å². The Morgan fingerprint density at radius 1 is 1.12 bits per heavy atom. The molecule has 0 radical (unpaired) electrons. The van der Waals surface area contributed by atoms with Crippen LogP contribution >= 0.6 is 0 Å². The Labute approximate surface area is 146 Å². The van der Waals surface area contributed by atoms with E-state index in [0.29, 0.717) is 23.6 Å². The number of rotatable bonds is 5. The summed E-state index contributed by atoms with van der Waals surface area (Å²) >= 11 is 0. The fourth-order valence-electron chi connectivity index (χ4n) is 2.69. The van der Waals surface area contributed by atoms with Gasteiger partial charge in [0.05, 0.1) is 13.7 Å². The Morgan fingerprint density at radius 2 is 1.88 bits per heavy atom. The molecule has 3 rings (SSSR count). The zero-order valence-corrected chi connectivity index (χ0v) is 14.5. The molecule has 0 spiro atoms. The molecule has 2 aromatic carbocycles. The molecule has 25 heavy (non-hydrogen) atoms. The van der Waals surface area contributed by atoms with Crippen molar-refractivity contribution in [1.29, 1.82) is 0 Å². The largest absolute Gasteiger partial charge is 0.497 e. The number of nitrogens with one attached hydrogen (secondary N) is 1. The maximum Gasteiger partial charge on any atom is 0.251 e. The number of carbonyl (C=O) groups excluding carboxylic acids is 1. The minimum atomic E-state index is -0.127. The number of carbonyl (C=O) groups is 1. The van der Waals surface area contributed by atoms with Gasteiger partial charge in [-0.25, -0.2) is 0 Å². The molecular weight excluding hydrogens is 316 g/mol. The van der Waals surface area contributed by atoms with Crippen LogP contribution in [0.25, 0.3) is 11.3 Å². The summed E-state index contributed by atoms with van der Waals surface area (Å²) < 4.78 is 10.6. The Morgan fingerprint density at radius 3 is 2.60 bits per heavy atom. The molecule has 0 aliphatic carbocycles. The standard InChI is InChI=1S/C20H20N2O3/c1-13-7-14(2)9-16(8-13)20(23)21-12-17-11-19(25-22-17)15-5-4-6-18(10-15)24-3/h4-11H,12H2,1-3H3,(H,21,23). The molecule has 5 nitrogen and oxygen atoms in total. The van der Waals surface area contributed by atoms with Crippen LogP contribution in [0, 0.1) is 13.8 Å². The van der Waals surface area contributed by atoms with Crippen LogP contribution in [-0.4, -0.2) is 18.2 Å². The molecule has 0 atom stereocenters. The predicted octanol–water partition coefficient (Wildman–Crippen LogP) is 3.90. The second-order valence-corrected chi connectivity index (χ2v) is 5.97. The van der Waals surface area contributed by atoms with Gasteiger partial charge in [0.25, 0.3) is 5.91 Å². The van der Waals surface area contributed by atoms with Crippen LogP contribution in [0.1, 0.15) is 27.2 Å². The SMILES string of the molecule is COc1cccc(-c2cc(CNC(=O)c3cc(C)cc(C)c3)no2)c1. The number of aromatic nitrogens is 1. The number of amides is 1. The molecule has 3 aromatic rings. The predicted molar refractivity (Wildman–Crippen MR) is 95.6 cm³/mol. The van der Waals surface area contributed by atoms with Crippen molar-refractivity contribution >= 4 is 5.91 Å². The van der Waals surface area contributed by atoms with Crippen molar-refractivity contribution in [3.8, 4) is 17.1 Å². The van der Waals surface area contributed by atoms with E-state index in [2.05, 4.69) is 10.5 Å². The summed E-state index contributed by atoms with van der Waals surface area (Å²) in [5.74, 6) is 1.26. The summed E-state index contributed by atoms with van der Waals surface area (Å²) in [4.78, 5) is 12.3. The van der Waals surface area contributed by atoms with E-state index in [9.17, 15) is 4.79 Å². The van der Waals surface area contributed by atoms with Gasteiger partial charge in [0.1, 0.15) is 11.4 Å². The van der Waals surface area contributed by atoms with Crippen molar-refractivity contribution < 1.29 is 14.1 Å². The highest BCUT2D eigenvalue weighted by molar-refractivity contribution is 5.94. The third-order valence-corrected chi connectivity index (χ3v) is 3.83. The summed E-state index contributed by atoms with van der Waals surface area (Å²) in [7, 11) is 1.62. The number of aryl methyl sites for hydroxylation is 2. The second-order valence-electron chi connectivity index (χ2n) is 5.97. The number of ether oxygens (including phenoxy) is 1. The molecule has 0 fully saturated rings. The summed E-state index contributed by atoms with van der Waals surface area (Å²) in [5, 5.41) is 6.89. The van der Waals surface area contributed by atoms with Gasteiger partial charge in [0, 0.05) is 17.2 Å². The highest BCUT2D eigenvalue weighted by Crippen LogP contribution is 2.24. The van der Waals surface area contributed by atoms with E-state index >= 15 is 0 Å². The van der Waals surface area contributed by atoms with Crippen molar-refractivity contribution in [1.82, 2.24) is 10.5 Å². The molecule has 1 aromatic heterocycles. The van der Waals surface area contributed by atoms with Gasteiger partial charge in [-0.3, -0.25) is 4.79 Å². The van der Waals surface area contributed by atoms with E-state index in [-0.39, 0.29) is 5.91 Å². The van der Waals surface area contributed by atoms with Crippen molar-refractivity contribution in [3.05, 3.63) is 70.9 Å². The Hall–Kier alpha value is -3.08. The molecule has 1 amide bonds. The lowest BCUT2D eigenvalue weighted by atomic mass is 10.1. The first-order valence-corrected chi connectivity index (χ1v) is 8.01. The third kappa shape index (κ3) is 4.07. The zero-order valence-electron chi connectivity index (χ0n) is 14.5. The summed E-state index contributed by atoms with van der Waals surface area (Å²) in [6.45, 7) is 4.25. The van der Waals surface area contributed by atoms with E-state index in [1.807, 2.05) is 62.4 Å². The van der Waals surface area contributed by atoms with Crippen molar-refractivity contribution in [2.24, 2.45) is 0 Å². The number of benzene rings is 2. The average Bonchev–Trinajstić information content (AvgIpc) is 3.08. The summed E-state index contributed by atoms with van der Waals surface area (Å²) in [6, 6.07) is 15.1. The lowest BCUT2D eigenvalue weighted by molar-refractivity contribution is 0.0950. The van der Waals surface area contributed by atoms with E-state index in [1.165, 1.54) is 0 Å². The van der Waals surface area contributed by atoms with E-state index < -0.39 is 0 Å². The quantitative estimate of drug-likeness (QED) is 0.767. The molecule has 1 heterocycles. The number of hydrogen-bond acceptors (Lipinski definition) is 4. The van der Waals surface area contributed by atoms with Crippen LogP contribution in [0.15, 0.2) is 53.1 Å². The molecule has 0 unspecified atom stereocenters. The van der Waals surface area contributed by atoms with E-state index in [0.717, 1.165) is 22.4 Å². The molecule has 0 aliphatic heterocycles. The van der Waals surface area contributed by atoms with Crippen LogP contribution in [0.5, 0.6) is 5.75 Å². The van der Waals surface area contributed by atoms with Crippen molar-refractivity contribution in [3.63, 3.8) is 0 Å². The fraction of sp³-hybridized carbons (Fsp3) is 0.200. The van der Waals surface area contributed by atoms with Crippen LogP contribution in [0.4, 0.5) is 0 Å². The smallest absolute Gasteiger partial charge is 0.251 e. The minimum Gasteiger partial charge on any atom is -0.497 e. The van der Waals surface area contributed by atoms with Gasteiger partial charge >= 0.3 is 0 Å². The Balaban J connectivity index is 1.68. The highest BCUT2D eigenvalue weighted by Gasteiger charge is 2.10. The van der Waals surface area contributed by atoms with Gasteiger partial charge in [0.15, 0.2) is 5.76 Å². The van der Waals surface area contributed by atoms with Crippen LogP contribution < -0.4 is 10.1 Å². The van der Waals surface area contributed by atoms with Crippen LogP contribution in [0.2, 0.25) is 0 Å². The molecule has 0 bridgehead atoms. The number of methoxy groups -OCH3 is 1. The van der Waals surface area contributed by atoms with E-state index in [1.54, 1.807) is 7.11 Å². The molecule has 0 saturated heterocycles. The molecular formula is C20H20N2O3. The maximum atomic E-state index is 12.3. The Bertz CT molecular complexity index is 879. The number of nitrogens with zero attached hydrogens (tertiary/aromatic N) is 1. The zero-order chi connectivity index (χ0) is 17.8. The summed E-state index contributed by atoms with van der Waals surface area (Å²) in [5.41, 5.74) is 4.31. The fourth-order valence-corrected chi connectivity index (χ4v) is 2.69. The maximum absolute atomic E-state index is 12.3.